The summed E-state index contributed by atoms with van der Waals surface area (Å²) in [4.78, 5) is 12.6. The third-order valence-corrected chi connectivity index (χ3v) is 3.35. The molecule has 0 saturated heterocycles. The molecule has 0 saturated carbocycles. The van der Waals surface area contributed by atoms with Crippen molar-refractivity contribution in [3.63, 3.8) is 0 Å². The number of thiophene rings is 1. The van der Waals surface area contributed by atoms with Crippen LogP contribution >= 0.6 is 22.9 Å². The van der Waals surface area contributed by atoms with E-state index in [9.17, 15) is 4.79 Å². The van der Waals surface area contributed by atoms with E-state index < -0.39 is 0 Å². The van der Waals surface area contributed by atoms with Crippen molar-refractivity contribution in [3.05, 3.63) is 28.6 Å². The number of amides is 2. The molecule has 0 atom stereocenters. The summed E-state index contributed by atoms with van der Waals surface area (Å²) in [5.41, 5.74) is 0. The van der Waals surface area contributed by atoms with Crippen LogP contribution in [0.1, 0.15) is 4.88 Å². The molecule has 0 aliphatic carbocycles. The Morgan fingerprint density at radius 2 is 2.44 bits per heavy atom. The summed E-state index contributed by atoms with van der Waals surface area (Å²) in [5, 5.41) is 11.7. The predicted molar refractivity (Wildman–Crippen MR) is 65.0 cm³/mol. The summed E-state index contributed by atoms with van der Waals surface area (Å²) >= 11 is 2.84. The highest BCUT2D eigenvalue weighted by Crippen LogP contribution is 2.09. The first-order valence-corrected chi connectivity index (χ1v) is 6.34. The van der Waals surface area contributed by atoms with Gasteiger partial charge in [-0.2, -0.15) is 0 Å². The van der Waals surface area contributed by atoms with Crippen LogP contribution in [0.3, 0.4) is 0 Å². The van der Waals surface area contributed by atoms with E-state index in [1.54, 1.807) is 11.3 Å². The number of carbonyl (C=O) groups is 1. The zero-order chi connectivity index (χ0) is 11.2. The Kier molecular flexibility index (Phi) is 3.84. The lowest BCUT2D eigenvalue weighted by molar-refractivity contribution is 0.252. The van der Waals surface area contributed by atoms with Gasteiger partial charge in [-0.25, -0.2) is 4.79 Å². The molecule has 0 fully saturated rings. The largest absolute Gasteiger partial charge is 0.337 e. The molecule has 0 aliphatic heterocycles. The van der Waals surface area contributed by atoms with Crippen LogP contribution in [0, 0.1) is 0 Å². The lowest BCUT2D eigenvalue weighted by Gasteiger charge is -2.03. The fourth-order valence-corrected chi connectivity index (χ4v) is 2.26. The quantitative estimate of drug-likeness (QED) is 0.876. The molecule has 5 nitrogen and oxygen atoms in total. The molecule has 0 aromatic carbocycles. The lowest BCUT2D eigenvalue weighted by atomic mass is 10.3. The molecule has 2 rings (SSSR count). The second-order valence-corrected chi connectivity index (χ2v) is 4.81. The third-order valence-electron chi connectivity index (χ3n) is 1.84. The van der Waals surface area contributed by atoms with Crippen LogP contribution in [0.15, 0.2) is 23.7 Å². The number of hydrogen-bond acceptors (Lipinski definition) is 5. The molecule has 84 valence electrons. The predicted octanol–water partition coefficient (Wildman–Crippen LogP) is 1.96. The van der Waals surface area contributed by atoms with Crippen LogP contribution in [0.4, 0.5) is 9.80 Å². The van der Waals surface area contributed by atoms with E-state index in [1.165, 1.54) is 11.1 Å². The molecule has 0 spiro atoms. The van der Waals surface area contributed by atoms with Crippen molar-refractivity contribution in [2.45, 2.75) is 6.42 Å². The van der Waals surface area contributed by atoms with E-state index in [4.69, 9.17) is 0 Å². The van der Waals surface area contributed by atoms with Crippen molar-refractivity contribution in [2.75, 3.05) is 11.9 Å². The first kappa shape index (κ1) is 11.0. The second kappa shape index (κ2) is 5.57. The Morgan fingerprint density at radius 1 is 1.50 bits per heavy atom. The fraction of sp³-hybridized carbons (Fsp3) is 0.222. The van der Waals surface area contributed by atoms with E-state index in [0.29, 0.717) is 11.5 Å². The minimum Gasteiger partial charge on any atom is -0.337 e. The zero-order valence-corrected chi connectivity index (χ0v) is 9.98. The third kappa shape index (κ3) is 3.28. The molecule has 0 radical (unpaired) electrons. The summed E-state index contributed by atoms with van der Waals surface area (Å²) in [5.74, 6) is 0. The van der Waals surface area contributed by atoms with Crippen LogP contribution in [-0.4, -0.2) is 22.2 Å². The van der Waals surface area contributed by atoms with E-state index in [-0.39, 0.29) is 6.03 Å². The first-order chi connectivity index (χ1) is 7.84. The molecule has 7 heteroatoms. The van der Waals surface area contributed by atoms with Crippen molar-refractivity contribution in [1.82, 2.24) is 14.9 Å². The van der Waals surface area contributed by atoms with Crippen LogP contribution < -0.4 is 10.6 Å². The highest BCUT2D eigenvalue weighted by molar-refractivity contribution is 7.10. The lowest BCUT2D eigenvalue weighted by Crippen LogP contribution is -2.29. The maximum absolute atomic E-state index is 11.4. The van der Waals surface area contributed by atoms with Crippen molar-refractivity contribution in [3.8, 4) is 0 Å². The van der Waals surface area contributed by atoms with E-state index in [1.807, 2.05) is 11.4 Å². The van der Waals surface area contributed by atoms with Gasteiger partial charge in [0.15, 0.2) is 0 Å². The normalized spacial score (nSPS) is 10.0. The maximum atomic E-state index is 11.4. The summed E-state index contributed by atoms with van der Waals surface area (Å²) in [6, 6.07) is 3.84. The molecule has 0 unspecified atom stereocenters. The van der Waals surface area contributed by atoms with Crippen molar-refractivity contribution in [2.24, 2.45) is 0 Å². The van der Waals surface area contributed by atoms with E-state index in [0.717, 1.165) is 18.0 Å². The highest BCUT2D eigenvalue weighted by Gasteiger charge is 2.02. The zero-order valence-electron chi connectivity index (χ0n) is 8.34. The number of anilines is 1. The molecular formula is C9H10N4OS2. The van der Waals surface area contributed by atoms with Gasteiger partial charge in [0.1, 0.15) is 5.00 Å². The minimum atomic E-state index is -0.220. The summed E-state index contributed by atoms with van der Waals surface area (Å²) in [6.07, 6.45) is 2.37. The summed E-state index contributed by atoms with van der Waals surface area (Å²) in [7, 11) is 0. The molecule has 2 aromatic heterocycles. The average molecular weight is 254 g/mol. The molecule has 2 amide bonds. The SMILES string of the molecule is O=C(NCCc1cccs1)Nc1cnns1. The summed E-state index contributed by atoms with van der Waals surface area (Å²) < 4.78 is 3.65. The van der Waals surface area contributed by atoms with Crippen LogP contribution in [0.2, 0.25) is 0 Å². The molecular weight excluding hydrogens is 244 g/mol. The Balaban J connectivity index is 1.68. The number of hydrogen-bond donors (Lipinski definition) is 2. The average Bonchev–Trinajstić information content (AvgIpc) is 2.90. The topological polar surface area (TPSA) is 66.9 Å². The maximum Gasteiger partial charge on any atom is 0.319 e. The molecule has 16 heavy (non-hydrogen) atoms. The number of urea groups is 1. The van der Waals surface area contributed by atoms with Gasteiger partial charge in [-0.3, -0.25) is 5.32 Å². The Hall–Kier alpha value is -1.47. The Morgan fingerprint density at radius 3 is 3.12 bits per heavy atom. The van der Waals surface area contributed by atoms with Crippen LogP contribution in [0.25, 0.3) is 0 Å². The number of nitrogens with zero attached hydrogens (tertiary/aromatic N) is 2. The fourth-order valence-electron chi connectivity index (χ4n) is 1.13. The molecule has 0 bridgehead atoms. The first-order valence-electron chi connectivity index (χ1n) is 4.69. The second-order valence-electron chi connectivity index (χ2n) is 2.99. The van der Waals surface area contributed by atoms with Gasteiger partial charge in [0.2, 0.25) is 0 Å². The van der Waals surface area contributed by atoms with Gasteiger partial charge in [0, 0.05) is 23.0 Å². The molecule has 0 aliphatic rings. The van der Waals surface area contributed by atoms with Gasteiger partial charge >= 0.3 is 6.03 Å². The van der Waals surface area contributed by atoms with E-state index in [2.05, 4.69) is 26.3 Å². The van der Waals surface area contributed by atoms with Gasteiger partial charge in [-0.05, 0) is 17.9 Å². The number of rotatable bonds is 4. The monoisotopic (exact) mass is 254 g/mol. The van der Waals surface area contributed by atoms with Crippen LogP contribution in [-0.2, 0) is 6.42 Å². The Labute approximate surface area is 101 Å². The highest BCUT2D eigenvalue weighted by atomic mass is 32.1. The number of aromatic nitrogens is 2. The Bertz CT molecular complexity index is 426. The summed E-state index contributed by atoms with van der Waals surface area (Å²) in [6.45, 7) is 0.624. The van der Waals surface area contributed by atoms with Gasteiger partial charge in [0.05, 0.1) is 6.20 Å². The van der Waals surface area contributed by atoms with Gasteiger partial charge < -0.3 is 5.32 Å². The molecule has 2 heterocycles. The molecule has 2 N–H and O–H groups in total. The van der Waals surface area contributed by atoms with Crippen molar-refractivity contribution >= 4 is 33.9 Å². The number of carbonyl (C=O) groups excluding carboxylic acids is 1. The smallest absolute Gasteiger partial charge is 0.319 e. The minimum absolute atomic E-state index is 0.220. The molecule has 2 aromatic rings. The van der Waals surface area contributed by atoms with Crippen molar-refractivity contribution in [1.29, 1.82) is 0 Å². The van der Waals surface area contributed by atoms with Gasteiger partial charge in [0.25, 0.3) is 0 Å². The number of nitrogens with one attached hydrogen (secondary N) is 2. The van der Waals surface area contributed by atoms with E-state index >= 15 is 0 Å². The van der Waals surface area contributed by atoms with Crippen molar-refractivity contribution < 1.29 is 4.79 Å². The van der Waals surface area contributed by atoms with Gasteiger partial charge in [-0.1, -0.05) is 10.6 Å². The standard InChI is InChI=1S/C9H10N4OS2/c14-9(12-8-6-11-13-16-8)10-4-3-7-2-1-5-15-7/h1-2,5-6H,3-4H2,(H2,10,12,14). The van der Waals surface area contributed by atoms with Gasteiger partial charge in [-0.15, -0.1) is 16.4 Å². The van der Waals surface area contributed by atoms with Crippen LogP contribution in [0.5, 0.6) is 0 Å².